The van der Waals surface area contributed by atoms with Crippen LogP contribution in [-0.2, 0) is 0 Å². The molecule has 1 aliphatic heterocycles. The predicted molar refractivity (Wildman–Crippen MR) is 104 cm³/mol. The molecule has 1 saturated heterocycles. The van der Waals surface area contributed by atoms with Crippen molar-refractivity contribution >= 4 is 23.2 Å². The Hall–Kier alpha value is -2.04. The number of nitrogens with zero attached hydrogens (tertiary/aromatic N) is 3. The van der Waals surface area contributed by atoms with Crippen LogP contribution in [0.1, 0.15) is 18.4 Å². The van der Waals surface area contributed by atoms with Gasteiger partial charge in [0, 0.05) is 18.3 Å². The van der Waals surface area contributed by atoms with Gasteiger partial charge in [-0.1, -0.05) is 30.3 Å². The lowest BCUT2D eigenvalue weighted by Gasteiger charge is -2.14. The van der Waals surface area contributed by atoms with Gasteiger partial charge in [-0.15, -0.1) is 17.5 Å². The van der Waals surface area contributed by atoms with Gasteiger partial charge in [0.05, 0.1) is 5.69 Å². The number of rotatable bonds is 5. The second-order valence-corrected chi connectivity index (χ2v) is 6.49. The highest BCUT2D eigenvalue weighted by atomic mass is 35.5. The molecule has 4 nitrogen and oxygen atoms in total. The molecule has 0 unspecified atom stereocenters. The van der Waals surface area contributed by atoms with Gasteiger partial charge in [0.2, 0.25) is 5.88 Å². The molecule has 5 heteroatoms. The molecule has 1 aliphatic rings. The fourth-order valence-electron chi connectivity index (χ4n) is 3.32. The second-order valence-electron chi connectivity index (χ2n) is 6.49. The second kappa shape index (κ2) is 7.89. The van der Waals surface area contributed by atoms with Crippen LogP contribution in [-0.4, -0.2) is 40.9 Å². The summed E-state index contributed by atoms with van der Waals surface area (Å²) >= 11 is 0. The Morgan fingerprint density at radius 2 is 1.80 bits per heavy atom. The van der Waals surface area contributed by atoms with Crippen LogP contribution in [0.4, 0.5) is 0 Å². The molecule has 0 aliphatic carbocycles. The molecule has 0 amide bonds. The van der Waals surface area contributed by atoms with E-state index in [1.54, 1.807) is 0 Å². The SMILES string of the molecule is Cc1cn(-c2ccc3ccccc3c2)nc1OCCN1CCCC1.Cl. The van der Waals surface area contributed by atoms with E-state index < -0.39 is 0 Å². The highest BCUT2D eigenvalue weighted by Gasteiger charge is 2.12. The highest BCUT2D eigenvalue weighted by molar-refractivity contribution is 5.85. The molecule has 132 valence electrons. The third kappa shape index (κ3) is 3.97. The van der Waals surface area contributed by atoms with E-state index in [-0.39, 0.29) is 12.4 Å². The topological polar surface area (TPSA) is 30.3 Å². The Morgan fingerprint density at radius 3 is 2.60 bits per heavy atom. The summed E-state index contributed by atoms with van der Waals surface area (Å²) in [6, 6.07) is 14.8. The van der Waals surface area contributed by atoms with Gasteiger partial charge < -0.3 is 4.74 Å². The Bertz CT molecular complexity index is 840. The summed E-state index contributed by atoms with van der Waals surface area (Å²) in [5.41, 5.74) is 2.13. The smallest absolute Gasteiger partial charge is 0.236 e. The van der Waals surface area contributed by atoms with E-state index in [0.29, 0.717) is 6.61 Å². The minimum Gasteiger partial charge on any atom is -0.475 e. The monoisotopic (exact) mass is 357 g/mol. The lowest BCUT2D eigenvalue weighted by atomic mass is 10.1. The number of hydrogen-bond donors (Lipinski definition) is 0. The molecule has 0 spiro atoms. The third-order valence-electron chi connectivity index (χ3n) is 4.69. The number of likely N-dealkylation sites (tertiary alicyclic amines) is 1. The summed E-state index contributed by atoms with van der Waals surface area (Å²) in [5, 5.41) is 7.09. The lowest BCUT2D eigenvalue weighted by Crippen LogP contribution is -2.25. The summed E-state index contributed by atoms with van der Waals surface area (Å²) in [6.45, 7) is 6.15. The van der Waals surface area contributed by atoms with Crippen molar-refractivity contribution < 1.29 is 4.74 Å². The van der Waals surface area contributed by atoms with Gasteiger partial charge in [0.1, 0.15) is 6.61 Å². The van der Waals surface area contributed by atoms with E-state index in [4.69, 9.17) is 4.74 Å². The molecule has 3 aromatic rings. The van der Waals surface area contributed by atoms with Gasteiger partial charge >= 0.3 is 0 Å². The van der Waals surface area contributed by atoms with Crippen LogP contribution < -0.4 is 4.74 Å². The zero-order valence-corrected chi connectivity index (χ0v) is 15.3. The van der Waals surface area contributed by atoms with Crippen molar-refractivity contribution in [3.63, 3.8) is 0 Å². The van der Waals surface area contributed by atoms with Gasteiger partial charge in [0.25, 0.3) is 0 Å². The van der Waals surface area contributed by atoms with E-state index >= 15 is 0 Å². The van der Waals surface area contributed by atoms with E-state index in [9.17, 15) is 0 Å². The zero-order chi connectivity index (χ0) is 16.4. The third-order valence-corrected chi connectivity index (χ3v) is 4.69. The first kappa shape index (κ1) is 17.8. The van der Waals surface area contributed by atoms with Gasteiger partial charge in [-0.3, -0.25) is 4.90 Å². The Morgan fingerprint density at radius 1 is 1.04 bits per heavy atom. The van der Waals surface area contributed by atoms with Gasteiger partial charge in [-0.05, 0) is 55.8 Å². The lowest BCUT2D eigenvalue weighted by molar-refractivity contribution is 0.230. The molecular formula is C20H24ClN3O. The van der Waals surface area contributed by atoms with Gasteiger partial charge in [-0.25, -0.2) is 4.68 Å². The molecule has 2 heterocycles. The van der Waals surface area contributed by atoms with Crippen molar-refractivity contribution in [1.82, 2.24) is 14.7 Å². The predicted octanol–water partition coefficient (Wildman–Crippen LogP) is 4.23. The molecule has 0 saturated carbocycles. The fraction of sp³-hybridized carbons (Fsp3) is 0.350. The maximum absolute atomic E-state index is 5.91. The molecule has 0 N–H and O–H groups in total. The quantitative estimate of drug-likeness (QED) is 0.684. The number of aryl methyl sites for hydroxylation is 1. The first-order valence-electron chi connectivity index (χ1n) is 8.70. The van der Waals surface area contributed by atoms with E-state index in [0.717, 1.165) is 23.7 Å². The Balaban J connectivity index is 0.00000182. The minimum atomic E-state index is 0. The number of ether oxygens (including phenoxy) is 1. The van der Waals surface area contributed by atoms with Crippen molar-refractivity contribution in [3.05, 3.63) is 54.2 Å². The molecule has 25 heavy (non-hydrogen) atoms. The van der Waals surface area contributed by atoms with E-state index in [1.165, 1.54) is 36.7 Å². The number of fused-ring (bicyclic) bond motifs is 1. The van der Waals surface area contributed by atoms with Crippen molar-refractivity contribution in [3.8, 4) is 11.6 Å². The van der Waals surface area contributed by atoms with Gasteiger partial charge in [-0.2, -0.15) is 0 Å². The van der Waals surface area contributed by atoms with Crippen LogP contribution in [0.15, 0.2) is 48.7 Å². The number of aromatic nitrogens is 2. The molecule has 0 atom stereocenters. The van der Waals surface area contributed by atoms with E-state index in [1.807, 2.05) is 10.9 Å². The van der Waals surface area contributed by atoms with Crippen LogP contribution in [0.3, 0.4) is 0 Å². The average Bonchev–Trinajstić information content (AvgIpc) is 3.25. The van der Waals surface area contributed by atoms with Gasteiger partial charge in [0.15, 0.2) is 0 Å². The molecule has 0 bridgehead atoms. The molecule has 1 fully saturated rings. The maximum Gasteiger partial charge on any atom is 0.236 e. The summed E-state index contributed by atoms with van der Waals surface area (Å²) in [4.78, 5) is 2.45. The molecular weight excluding hydrogens is 334 g/mol. The minimum absolute atomic E-state index is 0. The number of benzene rings is 2. The Labute approximate surface area is 154 Å². The van der Waals surface area contributed by atoms with Crippen molar-refractivity contribution in [2.24, 2.45) is 0 Å². The molecule has 4 rings (SSSR count). The summed E-state index contributed by atoms with van der Waals surface area (Å²) in [6.07, 6.45) is 4.67. The fourth-order valence-corrected chi connectivity index (χ4v) is 3.32. The highest BCUT2D eigenvalue weighted by Crippen LogP contribution is 2.21. The zero-order valence-electron chi connectivity index (χ0n) is 14.5. The molecule has 0 radical (unpaired) electrons. The summed E-state index contributed by atoms with van der Waals surface area (Å²) < 4.78 is 7.82. The molecule has 1 aromatic heterocycles. The Kier molecular flexibility index (Phi) is 5.61. The normalized spacial score (nSPS) is 14.6. The van der Waals surface area contributed by atoms with Crippen molar-refractivity contribution in [2.45, 2.75) is 19.8 Å². The van der Waals surface area contributed by atoms with Crippen LogP contribution >= 0.6 is 12.4 Å². The maximum atomic E-state index is 5.91. The van der Waals surface area contributed by atoms with Crippen LogP contribution in [0, 0.1) is 6.92 Å². The van der Waals surface area contributed by atoms with Crippen molar-refractivity contribution in [1.29, 1.82) is 0 Å². The van der Waals surface area contributed by atoms with Crippen LogP contribution in [0.25, 0.3) is 16.5 Å². The van der Waals surface area contributed by atoms with Crippen molar-refractivity contribution in [2.75, 3.05) is 26.2 Å². The summed E-state index contributed by atoms with van der Waals surface area (Å²) in [5.74, 6) is 0.738. The first-order valence-corrected chi connectivity index (χ1v) is 8.70. The first-order chi connectivity index (χ1) is 11.8. The standard InChI is InChI=1S/C20H23N3O.ClH/c1-16-15-23(19-9-8-17-6-2-3-7-18(17)14-19)21-20(16)24-13-12-22-10-4-5-11-22;/h2-3,6-9,14-15H,4-5,10-13H2,1H3;1H. The van der Waals surface area contributed by atoms with Crippen LogP contribution in [0.5, 0.6) is 5.88 Å². The van der Waals surface area contributed by atoms with E-state index in [2.05, 4.69) is 59.4 Å². The number of hydrogen-bond acceptors (Lipinski definition) is 3. The average molecular weight is 358 g/mol. The summed E-state index contributed by atoms with van der Waals surface area (Å²) in [7, 11) is 0. The molecule has 2 aromatic carbocycles. The number of halogens is 1. The largest absolute Gasteiger partial charge is 0.475 e. The van der Waals surface area contributed by atoms with Crippen LogP contribution in [0.2, 0.25) is 0 Å².